The first kappa shape index (κ1) is 17.8. The number of rotatable bonds is 4. The van der Waals surface area contributed by atoms with Crippen LogP contribution in [0.1, 0.15) is 22.8 Å². The quantitative estimate of drug-likeness (QED) is 0.832. The maximum absolute atomic E-state index is 12.1. The summed E-state index contributed by atoms with van der Waals surface area (Å²) in [7, 11) is 0. The van der Waals surface area contributed by atoms with Gasteiger partial charge in [0.15, 0.2) is 6.10 Å². The number of esters is 1. The van der Waals surface area contributed by atoms with Gasteiger partial charge in [-0.3, -0.25) is 4.79 Å². The van der Waals surface area contributed by atoms with Crippen molar-refractivity contribution in [2.75, 3.05) is 5.32 Å². The Hall–Kier alpha value is -2.55. The van der Waals surface area contributed by atoms with Crippen LogP contribution < -0.4 is 5.32 Å². The predicted octanol–water partition coefficient (Wildman–Crippen LogP) is 4.05. The van der Waals surface area contributed by atoms with Gasteiger partial charge < -0.3 is 10.1 Å². The van der Waals surface area contributed by atoms with Crippen molar-refractivity contribution in [3.8, 4) is 6.07 Å². The molecule has 0 saturated carbocycles. The Kier molecular flexibility index (Phi) is 5.80. The second-order valence-corrected chi connectivity index (χ2v) is 5.58. The van der Waals surface area contributed by atoms with E-state index >= 15 is 0 Å². The minimum absolute atomic E-state index is 0.0617. The van der Waals surface area contributed by atoms with E-state index in [2.05, 4.69) is 5.32 Å². The summed E-state index contributed by atoms with van der Waals surface area (Å²) >= 11 is 11.8. The summed E-state index contributed by atoms with van der Waals surface area (Å²) in [6.07, 6.45) is -1.08. The number of nitriles is 1. The molecule has 0 unspecified atom stereocenters. The van der Waals surface area contributed by atoms with Crippen molar-refractivity contribution in [3.63, 3.8) is 0 Å². The summed E-state index contributed by atoms with van der Waals surface area (Å²) in [4.78, 5) is 24.3. The van der Waals surface area contributed by atoms with Crippen LogP contribution in [-0.4, -0.2) is 18.0 Å². The number of ether oxygens (including phenoxy) is 1. The molecule has 0 saturated heterocycles. The van der Waals surface area contributed by atoms with Crippen LogP contribution in [0.5, 0.6) is 0 Å². The first-order chi connectivity index (χ1) is 11.4. The zero-order valence-electron chi connectivity index (χ0n) is 12.5. The zero-order chi connectivity index (χ0) is 17.7. The van der Waals surface area contributed by atoms with Crippen molar-refractivity contribution in [1.29, 1.82) is 5.26 Å². The van der Waals surface area contributed by atoms with Gasteiger partial charge in [-0.15, -0.1) is 0 Å². The Bertz CT molecular complexity index is 831. The maximum atomic E-state index is 12.1. The van der Waals surface area contributed by atoms with Gasteiger partial charge in [0.2, 0.25) is 0 Å². The van der Waals surface area contributed by atoms with E-state index in [4.69, 9.17) is 33.2 Å². The van der Waals surface area contributed by atoms with Crippen LogP contribution in [0.15, 0.2) is 42.5 Å². The molecule has 0 aromatic heterocycles. The summed E-state index contributed by atoms with van der Waals surface area (Å²) in [5, 5.41) is 11.8. The lowest BCUT2D eigenvalue weighted by molar-refractivity contribution is -0.123. The molecule has 0 fully saturated rings. The summed E-state index contributed by atoms with van der Waals surface area (Å²) < 4.78 is 5.10. The van der Waals surface area contributed by atoms with Crippen molar-refractivity contribution in [2.24, 2.45) is 0 Å². The molecule has 1 amide bonds. The third-order valence-corrected chi connectivity index (χ3v) is 3.95. The lowest BCUT2D eigenvalue weighted by atomic mass is 10.2. The minimum atomic E-state index is -1.08. The van der Waals surface area contributed by atoms with E-state index in [1.54, 1.807) is 30.3 Å². The Labute approximate surface area is 148 Å². The number of hydrogen-bond acceptors (Lipinski definition) is 4. The predicted molar refractivity (Wildman–Crippen MR) is 91.1 cm³/mol. The fourth-order valence-electron chi connectivity index (χ4n) is 1.86. The van der Waals surface area contributed by atoms with E-state index in [0.717, 1.165) is 0 Å². The maximum Gasteiger partial charge on any atom is 0.340 e. The van der Waals surface area contributed by atoms with Crippen molar-refractivity contribution >= 4 is 40.8 Å². The molecule has 0 radical (unpaired) electrons. The number of carbonyl (C=O) groups excluding carboxylic acids is 2. The first-order valence-electron chi connectivity index (χ1n) is 6.89. The van der Waals surface area contributed by atoms with Gasteiger partial charge in [-0.05, 0) is 31.2 Å². The number of nitrogens with one attached hydrogen (secondary N) is 1. The molecular weight excluding hydrogens is 351 g/mol. The van der Waals surface area contributed by atoms with Crippen molar-refractivity contribution in [1.82, 2.24) is 0 Å². The standard InChI is InChI=1S/C17H12Cl2N2O3/c1-10(16(22)21-14-8-3-2-5-11(14)9-20)24-17(23)12-6-4-7-13(18)15(12)19/h2-8,10H,1H3,(H,21,22)/t10-/m0/s1. The lowest BCUT2D eigenvalue weighted by Gasteiger charge is -2.14. The number of anilines is 1. The Morgan fingerprint density at radius 3 is 2.58 bits per heavy atom. The SMILES string of the molecule is C[C@H](OC(=O)c1cccc(Cl)c1Cl)C(=O)Nc1ccccc1C#N. The van der Waals surface area contributed by atoms with E-state index in [-0.39, 0.29) is 15.6 Å². The summed E-state index contributed by atoms with van der Waals surface area (Å²) in [5.74, 6) is -1.33. The number of nitrogens with zero attached hydrogens (tertiary/aromatic N) is 1. The molecule has 2 aromatic carbocycles. The number of carbonyl (C=O) groups is 2. The molecular formula is C17H12Cl2N2O3. The molecule has 0 spiro atoms. The number of hydrogen-bond donors (Lipinski definition) is 1. The van der Waals surface area contributed by atoms with Gasteiger partial charge in [0.05, 0.1) is 26.9 Å². The molecule has 0 aliphatic heterocycles. The van der Waals surface area contributed by atoms with Crippen LogP contribution in [0.3, 0.4) is 0 Å². The molecule has 1 atom stereocenters. The fraction of sp³-hybridized carbons (Fsp3) is 0.118. The minimum Gasteiger partial charge on any atom is -0.449 e. The van der Waals surface area contributed by atoms with Crippen LogP contribution in [0.2, 0.25) is 10.0 Å². The highest BCUT2D eigenvalue weighted by atomic mass is 35.5. The molecule has 122 valence electrons. The molecule has 2 rings (SSSR count). The molecule has 2 aromatic rings. The highest BCUT2D eigenvalue weighted by Gasteiger charge is 2.22. The molecule has 5 nitrogen and oxygen atoms in total. The van der Waals surface area contributed by atoms with Crippen LogP contribution in [0, 0.1) is 11.3 Å². The molecule has 0 aliphatic rings. The van der Waals surface area contributed by atoms with E-state index in [1.807, 2.05) is 6.07 Å². The summed E-state index contributed by atoms with van der Waals surface area (Å²) in [6, 6.07) is 13.0. The fourth-order valence-corrected chi connectivity index (χ4v) is 2.24. The third-order valence-electron chi connectivity index (χ3n) is 3.13. The molecule has 24 heavy (non-hydrogen) atoms. The topological polar surface area (TPSA) is 79.2 Å². The van der Waals surface area contributed by atoms with Gasteiger partial charge in [0.1, 0.15) is 6.07 Å². The highest BCUT2D eigenvalue weighted by molar-refractivity contribution is 6.43. The number of amides is 1. The molecule has 0 aliphatic carbocycles. The van der Waals surface area contributed by atoms with Gasteiger partial charge in [-0.1, -0.05) is 41.4 Å². The Morgan fingerprint density at radius 2 is 1.88 bits per heavy atom. The second kappa shape index (κ2) is 7.82. The second-order valence-electron chi connectivity index (χ2n) is 4.80. The van der Waals surface area contributed by atoms with Gasteiger partial charge >= 0.3 is 5.97 Å². The Morgan fingerprint density at radius 1 is 1.17 bits per heavy atom. The van der Waals surface area contributed by atoms with Crippen molar-refractivity contribution < 1.29 is 14.3 Å². The largest absolute Gasteiger partial charge is 0.449 e. The van der Waals surface area contributed by atoms with E-state index in [0.29, 0.717) is 11.3 Å². The van der Waals surface area contributed by atoms with E-state index in [9.17, 15) is 9.59 Å². The van der Waals surface area contributed by atoms with Crippen molar-refractivity contribution in [2.45, 2.75) is 13.0 Å². The van der Waals surface area contributed by atoms with Gasteiger partial charge in [-0.2, -0.15) is 5.26 Å². The average Bonchev–Trinajstić information content (AvgIpc) is 2.57. The van der Waals surface area contributed by atoms with Crippen LogP contribution >= 0.6 is 23.2 Å². The van der Waals surface area contributed by atoms with Gasteiger partial charge in [0, 0.05) is 0 Å². The van der Waals surface area contributed by atoms with Crippen LogP contribution in [0.4, 0.5) is 5.69 Å². The monoisotopic (exact) mass is 362 g/mol. The van der Waals surface area contributed by atoms with Crippen LogP contribution in [0.25, 0.3) is 0 Å². The van der Waals surface area contributed by atoms with Crippen LogP contribution in [-0.2, 0) is 9.53 Å². The first-order valence-corrected chi connectivity index (χ1v) is 7.64. The van der Waals surface area contributed by atoms with Crippen molar-refractivity contribution in [3.05, 3.63) is 63.6 Å². The van der Waals surface area contributed by atoms with Gasteiger partial charge in [-0.25, -0.2) is 4.79 Å². The summed E-state index contributed by atoms with van der Waals surface area (Å²) in [5.41, 5.74) is 0.720. The average molecular weight is 363 g/mol. The number of halogens is 2. The Balaban J connectivity index is 2.08. The number of benzene rings is 2. The summed E-state index contributed by atoms with van der Waals surface area (Å²) in [6.45, 7) is 1.42. The normalized spacial score (nSPS) is 11.2. The smallest absolute Gasteiger partial charge is 0.340 e. The highest BCUT2D eigenvalue weighted by Crippen LogP contribution is 2.26. The zero-order valence-corrected chi connectivity index (χ0v) is 14.1. The lowest BCUT2D eigenvalue weighted by Crippen LogP contribution is -2.30. The molecule has 0 bridgehead atoms. The molecule has 0 heterocycles. The third kappa shape index (κ3) is 4.05. The molecule has 7 heteroatoms. The van der Waals surface area contributed by atoms with E-state index < -0.39 is 18.0 Å². The van der Waals surface area contributed by atoms with E-state index in [1.165, 1.54) is 19.1 Å². The number of para-hydroxylation sites is 1. The molecule has 1 N–H and O–H groups in total. The van der Waals surface area contributed by atoms with Gasteiger partial charge in [0.25, 0.3) is 5.91 Å².